The first-order valence-corrected chi connectivity index (χ1v) is 20.1. The Bertz CT molecular complexity index is 1710. The van der Waals surface area contributed by atoms with Gasteiger partial charge in [0.05, 0.1) is 5.41 Å². The second-order valence-corrected chi connectivity index (χ2v) is 16.2. The molecule has 0 spiro atoms. The molecule has 0 bridgehead atoms. The van der Waals surface area contributed by atoms with Gasteiger partial charge < -0.3 is 47.3 Å². The molecule has 19 heteroatoms. The minimum atomic E-state index is -1.06. The van der Waals surface area contributed by atoms with Crippen molar-refractivity contribution < 1.29 is 47.9 Å². The van der Waals surface area contributed by atoms with E-state index in [1.807, 2.05) is 13.8 Å². The van der Waals surface area contributed by atoms with Crippen molar-refractivity contribution in [1.29, 1.82) is 0 Å². The second kappa shape index (κ2) is 24.2. The monoisotopic (exact) mass is 841 g/mol. The van der Waals surface area contributed by atoms with E-state index in [-0.39, 0.29) is 74.5 Å². The maximum atomic E-state index is 13.5. The van der Waals surface area contributed by atoms with Gasteiger partial charge in [-0.1, -0.05) is 46.2 Å². The number of unbranched alkanes of at least 4 members (excludes halogenated alkanes) is 2. The van der Waals surface area contributed by atoms with Gasteiger partial charge in [-0.15, -0.1) is 0 Å². The number of nitrogens with zero attached hydrogens (tertiary/aromatic N) is 2. The molecule has 60 heavy (non-hydrogen) atoms. The molecule has 1 aliphatic heterocycles. The number of rotatable bonds is 24. The molecule has 0 aromatic heterocycles. The molecular formula is C41H63N9O10. The van der Waals surface area contributed by atoms with Gasteiger partial charge >= 0.3 is 12.1 Å². The molecule has 0 radical (unpaired) electrons. The van der Waals surface area contributed by atoms with Crippen molar-refractivity contribution in [1.82, 2.24) is 36.4 Å². The van der Waals surface area contributed by atoms with Crippen LogP contribution in [0.2, 0.25) is 0 Å². The topological polar surface area (TPSA) is 268 Å². The Labute approximate surface area is 351 Å². The molecule has 332 valence electrons. The van der Waals surface area contributed by atoms with Crippen LogP contribution in [0.15, 0.2) is 36.4 Å². The molecule has 0 unspecified atom stereocenters. The minimum absolute atomic E-state index is 0.0582. The lowest BCUT2D eigenvalue weighted by atomic mass is 9.91. The van der Waals surface area contributed by atoms with Crippen LogP contribution in [0, 0.1) is 17.3 Å². The number of benzene rings is 1. The van der Waals surface area contributed by atoms with Crippen LogP contribution in [0.25, 0.3) is 0 Å². The maximum absolute atomic E-state index is 13.5. The highest BCUT2D eigenvalue weighted by Crippen LogP contribution is 2.17. The Hall–Kier alpha value is -6.01. The lowest BCUT2D eigenvalue weighted by Crippen LogP contribution is -2.54. The summed E-state index contributed by atoms with van der Waals surface area (Å²) in [6.45, 7) is 10.7. The Balaban J connectivity index is 1.94. The number of carbonyl (C=O) groups excluding carboxylic acids is 9. The number of amides is 10. The van der Waals surface area contributed by atoms with Crippen molar-refractivity contribution in [2.24, 2.45) is 23.0 Å². The molecule has 19 nitrogen and oxygen atoms in total. The number of primary amides is 1. The van der Waals surface area contributed by atoms with E-state index < -0.39 is 53.4 Å². The fourth-order valence-corrected chi connectivity index (χ4v) is 5.83. The van der Waals surface area contributed by atoms with Crippen molar-refractivity contribution in [3.63, 3.8) is 0 Å². The van der Waals surface area contributed by atoms with E-state index in [0.717, 1.165) is 4.90 Å². The highest BCUT2D eigenvalue weighted by Gasteiger charge is 2.34. The second-order valence-electron chi connectivity index (χ2n) is 16.2. The zero-order valence-corrected chi connectivity index (χ0v) is 36.0. The summed E-state index contributed by atoms with van der Waals surface area (Å²) in [5.74, 6) is -3.34. The van der Waals surface area contributed by atoms with Gasteiger partial charge in [0.25, 0.3) is 11.8 Å². The van der Waals surface area contributed by atoms with Gasteiger partial charge in [-0.2, -0.15) is 0 Å². The van der Waals surface area contributed by atoms with Crippen molar-refractivity contribution in [3.05, 3.63) is 42.0 Å². The molecular weight excluding hydrogens is 779 g/mol. The molecule has 1 heterocycles. The molecule has 10 amide bonds. The molecule has 1 aromatic carbocycles. The minimum Gasteiger partial charge on any atom is -0.445 e. The number of imide groups is 1. The summed E-state index contributed by atoms with van der Waals surface area (Å²) >= 11 is 0. The molecule has 3 atom stereocenters. The number of carbonyl (C=O) groups is 9. The van der Waals surface area contributed by atoms with Crippen LogP contribution in [0.4, 0.5) is 15.3 Å². The summed E-state index contributed by atoms with van der Waals surface area (Å²) in [7, 11) is 3.22. The number of nitrogens with one attached hydrogen (secondary N) is 6. The summed E-state index contributed by atoms with van der Waals surface area (Å²) < 4.78 is 5.32. The quantitative estimate of drug-likeness (QED) is 0.0585. The van der Waals surface area contributed by atoms with Crippen molar-refractivity contribution in [2.75, 3.05) is 39.0 Å². The van der Waals surface area contributed by atoms with Crippen LogP contribution in [0.1, 0.15) is 85.6 Å². The van der Waals surface area contributed by atoms with Gasteiger partial charge in [0, 0.05) is 58.0 Å². The van der Waals surface area contributed by atoms with E-state index in [9.17, 15) is 43.2 Å². The van der Waals surface area contributed by atoms with Crippen LogP contribution < -0.4 is 37.6 Å². The lowest BCUT2D eigenvalue weighted by molar-refractivity contribution is -0.138. The third-order valence-electron chi connectivity index (χ3n) is 9.59. The molecule has 1 aromatic rings. The van der Waals surface area contributed by atoms with Gasteiger partial charge in [-0.25, -0.2) is 9.59 Å². The van der Waals surface area contributed by atoms with E-state index in [2.05, 4.69) is 31.9 Å². The lowest BCUT2D eigenvalue weighted by Gasteiger charge is -2.30. The molecule has 0 aliphatic carbocycles. The van der Waals surface area contributed by atoms with Crippen LogP contribution in [-0.2, 0) is 44.9 Å². The number of hydrogen-bond acceptors (Lipinski definition) is 10. The summed E-state index contributed by atoms with van der Waals surface area (Å²) in [5, 5.41) is 16.1. The number of nitrogens with two attached hydrogens (primary N) is 1. The van der Waals surface area contributed by atoms with Gasteiger partial charge in [-0.3, -0.25) is 38.5 Å². The van der Waals surface area contributed by atoms with E-state index in [4.69, 9.17) is 10.5 Å². The zero-order valence-electron chi connectivity index (χ0n) is 36.0. The standard InChI is InChI=1S/C41H63N9O10/c1-25(2)33(47-30(51)14-10-9-11-22-50-31(52)19-20-32(50)53)36(55)46-29(13-12-21-43-39(42)58)35(54)45-28-17-15-27(16-18-28)23-60-40(59)44-24-41(5,6)38(57)48-34(26(3)4)37(56)49(7)8/h15-20,25-26,29,33-34H,9-14,21-24H2,1-8H3,(H,44,59)(H,45,54)(H,46,55)(H,47,51)(H,48,57)(H3,42,43,58)/t29-,33-,34-/m0/s1. The van der Waals surface area contributed by atoms with Crippen molar-refractivity contribution in [2.45, 2.75) is 105 Å². The summed E-state index contributed by atoms with van der Waals surface area (Å²) in [4.78, 5) is 115. The van der Waals surface area contributed by atoms with Crippen LogP contribution in [0.5, 0.6) is 0 Å². The maximum Gasteiger partial charge on any atom is 0.407 e. The van der Waals surface area contributed by atoms with Crippen molar-refractivity contribution >= 4 is 59.2 Å². The Morgan fingerprint density at radius 1 is 0.783 bits per heavy atom. The molecule has 0 saturated heterocycles. The van der Waals surface area contributed by atoms with Gasteiger partial charge in [0.15, 0.2) is 0 Å². The van der Waals surface area contributed by atoms with Crippen LogP contribution in [-0.4, -0.2) is 115 Å². The Morgan fingerprint density at radius 2 is 1.40 bits per heavy atom. The average molecular weight is 842 g/mol. The van der Waals surface area contributed by atoms with E-state index >= 15 is 0 Å². The fraction of sp³-hybridized carbons (Fsp3) is 0.585. The summed E-state index contributed by atoms with van der Waals surface area (Å²) in [5.41, 5.74) is 5.08. The van der Waals surface area contributed by atoms with Gasteiger partial charge in [0.2, 0.25) is 29.5 Å². The smallest absolute Gasteiger partial charge is 0.407 e. The third kappa shape index (κ3) is 17.1. The van der Waals surface area contributed by atoms with E-state index in [1.165, 1.54) is 17.1 Å². The molecule has 2 rings (SSSR count). The third-order valence-corrected chi connectivity index (χ3v) is 9.59. The summed E-state index contributed by atoms with van der Waals surface area (Å²) in [6, 6.07) is 2.96. The first kappa shape index (κ1) is 50.1. The number of hydrogen-bond donors (Lipinski definition) is 7. The predicted octanol–water partition coefficient (Wildman–Crippen LogP) is 1.67. The van der Waals surface area contributed by atoms with E-state index in [0.29, 0.717) is 36.9 Å². The largest absolute Gasteiger partial charge is 0.445 e. The normalized spacial score (nSPS) is 13.9. The van der Waals surface area contributed by atoms with Crippen LogP contribution >= 0.6 is 0 Å². The highest BCUT2D eigenvalue weighted by molar-refractivity contribution is 6.12. The van der Waals surface area contributed by atoms with Gasteiger partial charge in [0.1, 0.15) is 24.7 Å². The number of anilines is 1. The van der Waals surface area contributed by atoms with Crippen LogP contribution in [0.3, 0.4) is 0 Å². The average Bonchev–Trinajstić information content (AvgIpc) is 3.50. The number of alkyl carbamates (subject to hydrolysis) is 1. The molecule has 0 fully saturated rings. The molecule has 1 aliphatic rings. The SMILES string of the molecule is CC(C)[C@H](NC(=O)CCCCCN1C(=O)C=CC1=O)C(=O)N[C@@H](CCCNC(N)=O)C(=O)Nc1ccc(COC(=O)NCC(C)(C)C(=O)N[C@H](C(=O)N(C)C)C(C)C)cc1. The first-order valence-electron chi connectivity index (χ1n) is 20.1. The van der Waals surface area contributed by atoms with E-state index in [1.54, 1.807) is 66.1 Å². The Kier molecular flexibility index (Phi) is 20.2. The zero-order chi connectivity index (χ0) is 45.2. The fourth-order valence-electron chi connectivity index (χ4n) is 5.83. The van der Waals surface area contributed by atoms with Gasteiger partial charge in [-0.05, 0) is 69.1 Å². The summed E-state index contributed by atoms with van der Waals surface area (Å²) in [6.07, 6.45) is 3.78. The number of ether oxygens (including phenoxy) is 1. The predicted molar refractivity (Wildman–Crippen MR) is 222 cm³/mol. The number of likely N-dealkylation sites (N-methyl/N-ethyl adjacent to an activating group) is 1. The van der Waals surface area contributed by atoms with Crippen molar-refractivity contribution in [3.8, 4) is 0 Å². The molecule has 8 N–H and O–H groups in total. The first-order chi connectivity index (χ1) is 28.1. The molecule has 0 saturated carbocycles. The Morgan fingerprint density at radius 3 is 1.97 bits per heavy atom. The highest BCUT2D eigenvalue weighted by atomic mass is 16.5. The number of urea groups is 1.